The van der Waals surface area contributed by atoms with Crippen LogP contribution in [0, 0.1) is 6.92 Å². The van der Waals surface area contributed by atoms with Crippen LogP contribution in [-0.2, 0) is 11.3 Å². The van der Waals surface area contributed by atoms with Gasteiger partial charge in [-0.3, -0.25) is 9.59 Å². The highest BCUT2D eigenvalue weighted by molar-refractivity contribution is 9.10. The van der Waals surface area contributed by atoms with Crippen LogP contribution in [0.5, 0.6) is 0 Å². The molecule has 0 aliphatic carbocycles. The normalized spacial score (nSPS) is 10.8. The van der Waals surface area contributed by atoms with Gasteiger partial charge < -0.3 is 9.88 Å². The van der Waals surface area contributed by atoms with Crippen molar-refractivity contribution < 1.29 is 4.79 Å². The molecule has 2 heterocycles. The van der Waals surface area contributed by atoms with Crippen LogP contribution in [0.1, 0.15) is 4.88 Å². The molecule has 1 N–H and O–H groups in total. The summed E-state index contributed by atoms with van der Waals surface area (Å²) in [7, 11) is 0. The number of pyridine rings is 1. The summed E-state index contributed by atoms with van der Waals surface area (Å²) in [6.07, 6.45) is 1.67. The van der Waals surface area contributed by atoms with Crippen molar-refractivity contribution in [2.45, 2.75) is 13.5 Å². The van der Waals surface area contributed by atoms with Crippen molar-refractivity contribution in [1.82, 2.24) is 4.57 Å². The lowest BCUT2D eigenvalue weighted by Crippen LogP contribution is -2.26. The van der Waals surface area contributed by atoms with Gasteiger partial charge in [0.2, 0.25) is 5.91 Å². The molecular weight excluding hydrogens is 364 g/mol. The number of nitrogens with one attached hydrogen (secondary N) is 1. The molecule has 22 heavy (non-hydrogen) atoms. The Balaban J connectivity index is 1.82. The monoisotopic (exact) mass is 376 g/mol. The van der Waals surface area contributed by atoms with Gasteiger partial charge in [-0.1, -0.05) is 22.0 Å². The quantitative estimate of drug-likeness (QED) is 0.756. The molecule has 0 radical (unpaired) electrons. The fraction of sp³-hybridized carbons (Fsp3) is 0.125. The number of rotatable bonds is 3. The summed E-state index contributed by atoms with van der Waals surface area (Å²) in [5.74, 6) is -0.230. The van der Waals surface area contributed by atoms with Gasteiger partial charge in [-0.2, -0.15) is 0 Å². The third kappa shape index (κ3) is 3.13. The van der Waals surface area contributed by atoms with E-state index >= 15 is 0 Å². The summed E-state index contributed by atoms with van der Waals surface area (Å²) in [5, 5.41) is 3.45. The smallest absolute Gasteiger partial charge is 0.259 e. The van der Waals surface area contributed by atoms with Gasteiger partial charge in [-0.25, -0.2) is 0 Å². The largest absolute Gasteiger partial charge is 0.324 e. The second-order valence-electron chi connectivity index (χ2n) is 4.94. The number of carbonyl (C=O) groups excluding carboxylic acids is 1. The number of halogens is 1. The highest BCUT2D eigenvalue weighted by atomic mass is 79.9. The average Bonchev–Trinajstić information content (AvgIpc) is 2.83. The molecule has 0 atom stereocenters. The van der Waals surface area contributed by atoms with Crippen molar-refractivity contribution in [3.63, 3.8) is 0 Å². The highest BCUT2D eigenvalue weighted by Gasteiger charge is 2.09. The van der Waals surface area contributed by atoms with Crippen molar-refractivity contribution in [2.75, 3.05) is 5.32 Å². The first-order valence-electron chi connectivity index (χ1n) is 6.68. The second-order valence-corrected chi connectivity index (χ2v) is 7.15. The maximum Gasteiger partial charge on any atom is 0.259 e. The van der Waals surface area contributed by atoms with E-state index in [2.05, 4.69) is 21.2 Å². The number of amides is 1. The van der Waals surface area contributed by atoms with Gasteiger partial charge in [0.15, 0.2) is 0 Å². The van der Waals surface area contributed by atoms with E-state index in [9.17, 15) is 9.59 Å². The molecule has 0 saturated heterocycles. The average molecular weight is 377 g/mol. The molecule has 0 spiro atoms. The number of benzene rings is 1. The molecule has 112 valence electrons. The number of anilines is 1. The Bertz CT molecular complexity index is 914. The van der Waals surface area contributed by atoms with E-state index in [-0.39, 0.29) is 18.0 Å². The zero-order valence-corrected chi connectivity index (χ0v) is 14.2. The molecule has 0 fully saturated rings. The van der Waals surface area contributed by atoms with Gasteiger partial charge in [0.25, 0.3) is 5.56 Å². The summed E-state index contributed by atoms with van der Waals surface area (Å²) < 4.78 is 3.27. The van der Waals surface area contributed by atoms with Gasteiger partial charge >= 0.3 is 0 Å². The fourth-order valence-electron chi connectivity index (χ4n) is 2.25. The highest BCUT2D eigenvalue weighted by Crippen LogP contribution is 2.21. The van der Waals surface area contributed by atoms with Crippen LogP contribution in [-0.4, -0.2) is 10.5 Å². The SMILES string of the molecule is Cc1cc2c(=O)n(CC(=O)Nc3cccc(Br)c3)ccc2s1. The van der Waals surface area contributed by atoms with E-state index in [4.69, 9.17) is 0 Å². The predicted octanol–water partition coefficient (Wildman–Crippen LogP) is 3.77. The van der Waals surface area contributed by atoms with E-state index in [1.807, 2.05) is 37.3 Å². The minimum absolute atomic E-state index is 0.00379. The Kier molecular flexibility index (Phi) is 4.13. The van der Waals surface area contributed by atoms with Gasteiger partial charge in [-0.05, 0) is 37.3 Å². The van der Waals surface area contributed by atoms with Crippen molar-refractivity contribution in [3.8, 4) is 0 Å². The zero-order chi connectivity index (χ0) is 15.7. The van der Waals surface area contributed by atoms with Crippen LogP contribution < -0.4 is 10.9 Å². The first-order chi connectivity index (χ1) is 10.5. The first-order valence-corrected chi connectivity index (χ1v) is 8.29. The molecule has 0 bridgehead atoms. The molecule has 3 aromatic rings. The molecule has 1 amide bonds. The maximum atomic E-state index is 12.4. The summed E-state index contributed by atoms with van der Waals surface area (Å²) in [6.45, 7) is 1.96. The van der Waals surface area contributed by atoms with Gasteiger partial charge in [-0.15, -0.1) is 11.3 Å². The molecule has 4 nitrogen and oxygen atoms in total. The topological polar surface area (TPSA) is 51.1 Å². The van der Waals surface area contributed by atoms with Crippen LogP contribution in [0.25, 0.3) is 10.1 Å². The van der Waals surface area contributed by atoms with Gasteiger partial charge in [0.1, 0.15) is 6.54 Å². The number of hydrogen-bond donors (Lipinski definition) is 1. The standard InChI is InChI=1S/C16H13BrN2O2S/c1-10-7-13-14(22-10)5-6-19(16(13)21)9-15(20)18-12-4-2-3-11(17)8-12/h2-8H,9H2,1H3,(H,18,20). The third-order valence-corrected chi connectivity index (χ3v) is 4.71. The molecule has 0 aliphatic heterocycles. The van der Waals surface area contributed by atoms with E-state index < -0.39 is 0 Å². The Morgan fingerprint density at radius 3 is 2.91 bits per heavy atom. The lowest BCUT2D eigenvalue weighted by molar-refractivity contribution is -0.116. The molecule has 0 aliphatic rings. The van der Waals surface area contributed by atoms with Crippen LogP contribution in [0.4, 0.5) is 5.69 Å². The predicted molar refractivity (Wildman–Crippen MR) is 93.6 cm³/mol. The zero-order valence-electron chi connectivity index (χ0n) is 11.8. The number of aryl methyl sites for hydroxylation is 1. The Morgan fingerprint density at radius 1 is 1.32 bits per heavy atom. The van der Waals surface area contributed by atoms with E-state index in [0.29, 0.717) is 11.1 Å². The van der Waals surface area contributed by atoms with E-state index in [1.54, 1.807) is 23.6 Å². The Hall–Kier alpha value is -1.92. The Morgan fingerprint density at radius 2 is 2.14 bits per heavy atom. The molecule has 2 aromatic heterocycles. The van der Waals surface area contributed by atoms with Crippen molar-refractivity contribution in [2.24, 2.45) is 0 Å². The minimum Gasteiger partial charge on any atom is -0.324 e. The van der Waals surface area contributed by atoms with Crippen LogP contribution in [0.2, 0.25) is 0 Å². The first kappa shape index (κ1) is 15.0. The second kappa shape index (κ2) is 6.06. The Labute approximate surface area is 139 Å². The number of thiophene rings is 1. The molecular formula is C16H13BrN2O2S. The van der Waals surface area contributed by atoms with E-state index in [1.165, 1.54) is 4.57 Å². The number of carbonyl (C=O) groups is 1. The summed E-state index contributed by atoms with van der Waals surface area (Å²) in [6, 6.07) is 11.1. The molecule has 6 heteroatoms. The van der Waals surface area contributed by atoms with Crippen molar-refractivity contribution >= 4 is 48.9 Å². The number of nitrogens with zero attached hydrogens (tertiary/aromatic N) is 1. The molecule has 1 aromatic carbocycles. The molecule has 3 rings (SSSR count). The lowest BCUT2D eigenvalue weighted by atomic mass is 10.3. The number of fused-ring (bicyclic) bond motifs is 1. The lowest BCUT2D eigenvalue weighted by Gasteiger charge is -2.08. The maximum absolute atomic E-state index is 12.4. The van der Waals surface area contributed by atoms with Gasteiger partial charge in [0, 0.05) is 25.9 Å². The molecule has 0 saturated carbocycles. The van der Waals surface area contributed by atoms with Crippen LogP contribution >= 0.6 is 27.3 Å². The van der Waals surface area contributed by atoms with E-state index in [0.717, 1.165) is 14.0 Å². The number of aromatic nitrogens is 1. The summed E-state index contributed by atoms with van der Waals surface area (Å²) in [4.78, 5) is 25.6. The van der Waals surface area contributed by atoms with Crippen LogP contribution in [0.15, 0.2) is 51.9 Å². The summed E-state index contributed by atoms with van der Waals surface area (Å²) >= 11 is 4.93. The third-order valence-electron chi connectivity index (χ3n) is 3.20. The minimum atomic E-state index is -0.230. The van der Waals surface area contributed by atoms with Crippen LogP contribution in [0.3, 0.4) is 0 Å². The van der Waals surface area contributed by atoms with Gasteiger partial charge in [0.05, 0.1) is 5.39 Å². The molecule has 0 unspecified atom stereocenters. The fourth-order valence-corrected chi connectivity index (χ4v) is 3.56. The number of hydrogen-bond acceptors (Lipinski definition) is 3. The van der Waals surface area contributed by atoms with Crippen molar-refractivity contribution in [1.29, 1.82) is 0 Å². The van der Waals surface area contributed by atoms with Crippen molar-refractivity contribution in [3.05, 3.63) is 62.3 Å². The summed E-state index contributed by atoms with van der Waals surface area (Å²) in [5.41, 5.74) is 0.561.